The third-order valence-electron chi connectivity index (χ3n) is 2.59. The van der Waals surface area contributed by atoms with Gasteiger partial charge in [-0.25, -0.2) is 0 Å². The standard InChI is InChI=1S/C9H14Cl2Si2/c1-12(2,13(3,10)11)9-7-5-4-6-8-9/h4-8H,1-3H3. The molecule has 0 aliphatic rings. The summed E-state index contributed by atoms with van der Waals surface area (Å²) in [6.07, 6.45) is -2.04. The Labute approximate surface area is 91.1 Å². The van der Waals surface area contributed by atoms with Gasteiger partial charge in [-0.1, -0.05) is 48.6 Å². The fourth-order valence-electron chi connectivity index (χ4n) is 1.11. The van der Waals surface area contributed by atoms with E-state index in [1.165, 1.54) is 5.19 Å². The first-order chi connectivity index (χ1) is 5.86. The first-order valence-electron chi connectivity index (χ1n) is 4.29. The Morgan fingerprint density at radius 3 is 1.77 bits per heavy atom. The summed E-state index contributed by atoms with van der Waals surface area (Å²) >= 11 is 12.7. The summed E-state index contributed by atoms with van der Waals surface area (Å²) in [5, 5.41) is 1.36. The average Bonchev–Trinajstić information content (AvgIpc) is 2.04. The van der Waals surface area contributed by atoms with Crippen LogP contribution in [0.3, 0.4) is 0 Å². The van der Waals surface area contributed by atoms with Crippen LogP contribution in [0.5, 0.6) is 0 Å². The van der Waals surface area contributed by atoms with E-state index in [1.54, 1.807) is 0 Å². The first kappa shape index (κ1) is 11.3. The molecule has 0 heterocycles. The zero-order valence-corrected chi connectivity index (χ0v) is 11.7. The van der Waals surface area contributed by atoms with Gasteiger partial charge in [-0.15, -0.1) is 22.2 Å². The van der Waals surface area contributed by atoms with E-state index in [9.17, 15) is 0 Å². The predicted octanol–water partition coefficient (Wildman–Crippen LogP) is 3.23. The van der Waals surface area contributed by atoms with Crippen molar-refractivity contribution in [3.05, 3.63) is 30.3 Å². The summed E-state index contributed by atoms with van der Waals surface area (Å²) < 4.78 is 0. The number of hydrogen-bond donors (Lipinski definition) is 0. The zero-order valence-electron chi connectivity index (χ0n) is 8.14. The number of benzene rings is 1. The molecule has 0 radical (unpaired) electrons. The quantitative estimate of drug-likeness (QED) is 0.557. The lowest BCUT2D eigenvalue weighted by Gasteiger charge is -2.30. The number of hydrogen-bond acceptors (Lipinski definition) is 0. The molecule has 0 saturated heterocycles. The normalized spacial score (nSPS) is 13.0. The number of halogens is 2. The van der Waals surface area contributed by atoms with Gasteiger partial charge in [0.05, 0.1) is 0 Å². The Morgan fingerprint density at radius 1 is 0.923 bits per heavy atom. The highest BCUT2D eigenvalue weighted by Gasteiger charge is 2.44. The Balaban J connectivity index is 3.08. The van der Waals surface area contributed by atoms with Crippen molar-refractivity contribution in [1.82, 2.24) is 0 Å². The largest absolute Gasteiger partial charge is 0.240 e. The van der Waals surface area contributed by atoms with Gasteiger partial charge < -0.3 is 0 Å². The van der Waals surface area contributed by atoms with Crippen LogP contribution in [0.4, 0.5) is 0 Å². The molecule has 13 heavy (non-hydrogen) atoms. The summed E-state index contributed by atoms with van der Waals surface area (Å²) in [4.78, 5) is 0. The van der Waals surface area contributed by atoms with Gasteiger partial charge in [-0.05, 0) is 6.55 Å². The minimum atomic E-state index is -2.04. The molecule has 0 aromatic heterocycles. The molecular formula is C9H14Cl2Si2. The van der Waals surface area contributed by atoms with Crippen LogP contribution >= 0.6 is 22.2 Å². The second-order valence-electron chi connectivity index (χ2n) is 3.88. The van der Waals surface area contributed by atoms with Crippen molar-refractivity contribution < 1.29 is 0 Å². The van der Waals surface area contributed by atoms with Gasteiger partial charge >= 0.3 is 0 Å². The Hall–Kier alpha value is 0.234. The fraction of sp³-hybridized carbons (Fsp3) is 0.333. The molecule has 0 amide bonds. The summed E-state index contributed by atoms with van der Waals surface area (Å²) in [6, 6.07) is 10.4. The molecule has 0 aliphatic carbocycles. The SMILES string of the molecule is C[Si](Cl)(Cl)[Si](C)(C)c1ccccc1. The van der Waals surface area contributed by atoms with Gasteiger partial charge in [0.25, 0.3) is 0 Å². The monoisotopic (exact) mass is 248 g/mol. The van der Waals surface area contributed by atoms with Gasteiger partial charge in [-0.2, -0.15) is 0 Å². The lowest BCUT2D eigenvalue weighted by Crippen LogP contribution is -2.58. The van der Waals surface area contributed by atoms with Gasteiger partial charge in [0.2, 0.25) is 6.21 Å². The molecule has 1 aromatic rings. The van der Waals surface area contributed by atoms with Gasteiger partial charge in [-0.3, -0.25) is 0 Å². The van der Waals surface area contributed by atoms with Crippen molar-refractivity contribution in [3.8, 4) is 0 Å². The van der Waals surface area contributed by atoms with E-state index in [2.05, 4.69) is 37.4 Å². The van der Waals surface area contributed by atoms with Crippen LogP contribution in [0.2, 0.25) is 19.6 Å². The van der Waals surface area contributed by atoms with E-state index >= 15 is 0 Å². The fourth-order valence-corrected chi connectivity index (χ4v) is 6.63. The summed E-state index contributed by atoms with van der Waals surface area (Å²) in [5.74, 6) is 0. The summed E-state index contributed by atoms with van der Waals surface area (Å²) in [5.41, 5.74) is 0. The maximum absolute atomic E-state index is 6.33. The highest BCUT2D eigenvalue weighted by atomic mass is 35.7. The van der Waals surface area contributed by atoms with Crippen molar-refractivity contribution in [2.75, 3.05) is 0 Å². The van der Waals surface area contributed by atoms with Crippen LogP contribution in [-0.2, 0) is 0 Å². The van der Waals surface area contributed by atoms with Crippen LogP contribution in [0, 0.1) is 0 Å². The van der Waals surface area contributed by atoms with Crippen LogP contribution in [0.1, 0.15) is 0 Å². The highest BCUT2D eigenvalue weighted by Crippen LogP contribution is 2.26. The molecule has 0 fully saturated rings. The Bertz CT molecular complexity index is 277. The van der Waals surface area contributed by atoms with Crippen LogP contribution in [0.15, 0.2) is 30.3 Å². The van der Waals surface area contributed by atoms with Crippen molar-refractivity contribution in [2.24, 2.45) is 0 Å². The summed E-state index contributed by atoms with van der Waals surface area (Å²) in [6.45, 7) is 6.51. The summed E-state index contributed by atoms with van der Waals surface area (Å²) in [7, 11) is -1.61. The van der Waals surface area contributed by atoms with E-state index in [4.69, 9.17) is 22.2 Å². The minimum absolute atomic E-state index is 1.36. The second kappa shape index (κ2) is 3.77. The van der Waals surface area contributed by atoms with Crippen molar-refractivity contribution in [3.63, 3.8) is 0 Å². The zero-order chi connectivity index (χ0) is 10.1. The highest BCUT2D eigenvalue weighted by molar-refractivity contribution is 7.76. The van der Waals surface area contributed by atoms with Crippen LogP contribution in [0.25, 0.3) is 0 Å². The minimum Gasteiger partial charge on any atom is -0.150 e. The second-order valence-corrected chi connectivity index (χ2v) is 23.3. The molecule has 0 spiro atoms. The molecule has 1 aromatic carbocycles. The first-order valence-corrected chi connectivity index (χ1v) is 12.8. The maximum Gasteiger partial charge on any atom is 0.240 e. The molecular weight excluding hydrogens is 235 g/mol. The molecule has 0 unspecified atom stereocenters. The van der Waals surface area contributed by atoms with Gasteiger partial charge in [0, 0.05) is 0 Å². The van der Waals surface area contributed by atoms with Crippen LogP contribution < -0.4 is 5.19 Å². The molecule has 0 saturated carbocycles. The molecule has 4 heteroatoms. The van der Waals surface area contributed by atoms with Crippen molar-refractivity contribution in [1.29, 1.82) is 0 Å². The van der Waals surface area contributed by atoms with E-state index in [1.807, 2.05) is 12.6 Å². The Morgan fingerprint density at radius 2 is 1.38 bits per heavy atom. The van der Waals surface area contributed by atoms with E-state index in [-0.39, 0.29) is 0 Å². The average molecular weight is 249 g/mol. The smallest absolute Gasteiger partial charge is 0.150 e. The molecule has 1 rings (SSSR count). The number of rotatable bonds is 2. The van der Waals surface area contributed by atoms with E-state index in [0.29, 0.717) is 0 Å². The van der Waals surface area contributed by atoms with E-state index < -0.39 is 13.8 Å². The van der Waals surface area contributed by atoms with Gasteiger partial charge in [0.1, 0.15) is 7.59 Å². The third kappa shape index (κ3) is 2.37. The molecule has 0 N–H and O–H groups in total. The Kier molecular flexibility index (Phi) is 3.28. The lowest BCUT2D eigenvalue weighted by molar-refractivity contribution is 1.73. The van der Waals surface area contributed by atoms with Crippen molar-refractivity contribution in [2.45, 2.75) is 19.6 Å². The predicted molar refractivity (Wildman–Crippen MR) is 66.9 cm³/mol. The molecule has 0 atom stereocenters. The lowest BCUT2D eigenvalue weighted by atomic mass is 10.4. The topological polar surface area (TPSA) is 0 Å². The maximum atomic E-state index is 6.33. The molecule has 0 nitrogen and oxygen atoms in total. The third-order valence-corrected chi connectivity index (χ3v) is 22.5. The van der Waals surface area contributed by atoms with Crippen molar-refractivity contribution >= 4 is 41.1 Å². The van der Waals surface area contributed by atoms with Gasteiger partial charge in [0.15, 0.2) is 0 Å². The molecule has 0 aliphatic heterocycles. The van der Waals surface area contributed by atoms with E-state index in [0.717, 1.165) is 0 Å². The molecule has 0 bridgehead atoms. The molecule has 72 valence electrons. The van der Waals surface area contributed by atoms with Crippen LogP contribution in [-0.4, -0.2) is 13.8 Å².